The van der Waals surface area contributed by atoms with E-state index in [1.165, 1.54) is 32.1 Å². The van der Waals surface area contributed by atoms with E-state index in [2.05, 4.69) is 16.0 Å². The van der Waals surface area contributed by atoms with Gasteiger partial charge in [-0.05, 0) is 69.4 Å². The first-order valence-corrected chi connectivity index (χ1v) is 13.4. The van der Waals surface area contributed by atoms with Gasteiger partial charge in [0.15, 0.2) is 0 Å². The minimum absolute atomic E-state index is 0.00357. The highest BCUT2D eigenvalue weighted by molar-refractivity contribution is 5.88. The molecule has 0 radical (unpaired) electrons. The van der Waals surface area contributed by atoms with Crippen molar-refractivity contribution in [3.05, 3.63) is 29.8 Å². The first-order chi connectivity index (χ1) is 16.6. The summed E-state index contributed by atoms with van der Waals surface area (Å²) in [5.41, 5.74) is 6.40. The maximum absolute atomic E-state index is 12.9. The Bertz CT molecular complexity index is 690. The number of unbranched alkanes of at least 4 members (excludes halogenated alkanes) is 5. The molecule has 1 aromatic carbocycles. The van der Waals surface area contributed by atoms with E-state index in [4.69, 9.17) is 5.73 Å². The monoisotopic (exact) mass is 474 g/mol. The van der Waals surface area contributed by atoms with E-state index in [1.807, 2.05) is 0 Å². The summed E-state index contributed by atoms with van der Waals surface area (Å²) in [7, 11) is 0. The van der Waals surface area contributed by atoms with E-state index < -0.39 is 6.04 Å². The summed E-state index contributed by atoms with van der Waals surface area (Å²) in [5, 5.41) is 19.0. The normalized spacial score (nSPS) is 15.1. The summed E-state index contributed by atoms with van der Waals surface area (Å²) in [4.78, 5) is 25.7. The zero-order valence-corrected chi connectivity index (χ0v) is 20.8. The lowest BCUT2D eigenvalue weighted by Crippen LogP contribution is -2.50. The van der Waals surface area contributed by atoms with Gasteiger partial charge >= 0.3 is 0 Å². The van der Waals surface area contributed by atoms with Crippen molar-refractivity contribution in [1.82, 2.24) is 16.0 Å². The molecule has 0 aromatic heterocycles. The van der Waals surface area contributed by atoms with Crippen LogP contribution in [0.2, 0.25) is 0 Å². The lowest BCUT2D eigenvalue weighted by atomic mass is 9.88. The van der Waals surface area contributed by atoms with Gasteiger partial charge in [-0.25, -0.2) is 0 Å². The highest BCUT2D eigenvalue weighted by atomic mass is 16.3. The number of aromatic hydroxyl groups is 1. The number of amides is 2. The van der Waals surface area contributed by atoms with Crippen molar-refractivity contribution in [2.24, 2.45) is 11.7 Å². The largest absolute Gasteiger partial charge is 0.508 e. The number of nitrogens with one attached hydrogen (secondary N) is 3. The Hall–Kier alpha value is -2.12. The molecule has 6 N–H and O–H groups in total. The van der Waals surface area contributed by atoms with Crippen molar-refractivity contribution < 1.29 is 14.7 Å². The fourth-order valence-corrected chi connectivity index (χ4v) is 4.50. The van der Waals surface area contributed by atoms with Crippen LogP contribution < -0.4 is 21.7 Å². The van der Waals surface area contributed by atoms with Crippen LogP contribution in [-0.2, 0) is 16.0 Å². The van der Waals surface area contributed by atoms with Crippen LogP contribution >= 0.6 is 0 Å². The van der Waals surface area contributed by atoms with Crippen LogP contribution in [-0.4, -0.2) is 49.1 Å². The number of phenolic OH excluding ortho intramolecular Hbond substituents is 1. The zero-order valence-electron chi connectivity index (χ0n) is 20.8. The Labute approximate surface area is 205 Å². The van der Waals surface area contributed by atoms with Crippen LogP contribution in [0.4, 0.5) is 0 Å². The Balaban J connectivity index is 1.69. The van der Waals surface area contributed by atoms with Crippen molar-refractivity contribution in [3.63, 3.8) is 0 Å². The number of phenols is 1. The van der Waals surface area contributed by atoms with Gasteiger partial charge < -0.3 is 26.8 Å². The fraction of sp³-hybridized carbons (Fsp3) is 0.704. The second-order valence-electron chi connectivity index (χ2n) is 9.57. The van der Waals surface area contributed by atoms with Crippen LogP contribution in [0.15, 0.2) is 24.3 Å². The van der Waals surface area contributed by atoms with Gasteiger partial charge in [0.2, 0.25) is 11.8 Å². The van der Waals surface area contributed by atoms with Gasteiger partial charge in [-0.15, -0.1) is 0 Å². The maximum Gasteiger partial charge on any atom is 0.242 e. The van der Waals surface area contributed by atoms with Crippen molar-refractivity contribution in [3.8, 4) is 5.75 Å². The van der Waals surface area contributed by atoms with E-state index in [-0.39, 0.29) is 23.5 Å². The number of carbonyl (C=O) groups excluding carboxylic acids is 2. The summed E-state index contributed by atoms with van der Waals surface area (Å²) < 4.78 is 0. The van der Waals surface area contributed by atoms with E-state index >= 15 is 0 Å². The zero-order chi connectivity index (χ0) is 24.4. The molecule has 1 saturated carbocycles. The number of carbonyl (C=O) groups is 2. The number of hydrogen-bond acceptors (Lipinski definition) is 5. The Morgan fingerprint density at radius 1 is 0.882 bits per heavy atom. The topological polar surface area (TPSA) is 116 Å². The Morgan fingerprint density at radius 3 is 2.18 bits per heavy atom. The van der Waals surface area contributed by atoms with E-state index in [0.717, 1.165) is 70.1 Å². The molecule has 0 unspecified atom stereocenters. The van der Waals surface area contributed by atoms with Crippen LogP contribution in [0, 0.1) is 5.92 Å². The minimum atomic E-state index is -0.592. The summed E-state index contributed by atoms with van der Waals surface area (Å²) in [6.07, 6.45) is 13.5. The third-order valence-electron chi connectivity index (χ3n) is 6.62. The fourth-order valence-electron chi connectivity index (χ4n) is 4.50. The quantitative estimate of drug-likeness (QED) is 0.222. The lowest BCUT2D eigenvalue weighted by molar-refractivity contribution is -0.131. The van der Waals surface area contributed by atoms with Crippen LogP contribution in [0.1, 0.15) is 82.6 Å². The maximum atomic E-state index is 12.9. The molecule has 34 heavy (non-hydrogen) atoms. The molecule has 0 bridgehead atoms. The summed E-state index contributed by atoms with van der Waals surface area (Å²) >= 11 is 0. The molecule has 0 saturated heterocycles. The van der Waals surface area contributed by atoms with Gasteiger partial charge in [0.1, 0.15) is 11.8 Å². The van der Waals surface area contributed by atoms with E-state index in [1.54, 1.807) is 24.3 Å². The van der Waals surface area contributed by atoms with Crippen molar-refractivity contribution in [2.75, 3.05) is 26.2 Å². The molecule has 1 aliphatic carbocycles. The molecule has 7 nitrogen and oxygen atoms in total. The van der Waals surface area contributed by atoms with Crippen molar-refractivity contribution >= 4 is 11.8 Å². The third kappa shape index (κ3) is 11.8. The smallest absolute Gasteiger partial charge is 0.242 e. The molecule has 7 heteroatoms. The first-order valence-electron chi connectivity index (χ1n) is 13.4. The summed E-state index contributed by atoms with van der Waals surface area (Å²) in [5.74, 6) is 0.0792. The average molecular weight is 475 g/mol. The third-order valence-corrected chi connectivity index (χ3v) is 6.62. The van der Waals surface area contributed by atoms with Gasteiger partial charge in [0.25, 0.3) is 0 Å². The molecule has 1 fully saturated rings. The standard InChI is InChI=1S/C27H46N4O3/c28-17-10-19-29-18-8-3-1-2-4-9-20-30-27(34)25(21-22-13-15-24(32)16-14-22)31-26(33)23-11-6-5-7-12-23/h13-16,23,25,29,32H,1-12,17-21,28H2,(H,30,34)(H,31,33)/t25-/m0/s1. The second kappa shape index (κ2) is 17.3. The van der Waals surface area contributed by atoms with Crippen molar-refractivity contribution in [1.29, 1.82) is 0 Å². The predicted octanol–water partition coefficient (Wildman–Crippen LogP) is 3.40. The average Bonchev–Trinajstić information content (AvgIpc) is 2.86. The SMILES string of the molecule is NCCCNCCCCCCCCNC(=O)[C@H](Cc1ccc(O)cc1)NC(=O)C1CCCCC1. The van der Waals surface area contributed by atoms with Crippen LogP contribution in [0.5, 0.6) is 5.75 Å². The summed E-state index contributed by atoms with van der Waals surface area (Å²) in [6, 6.07) is 6.24. The molecule has 1 aromatic rings. The molecule has 1 atom stereocenters. The highest BCUT2D eigenvalue weighted by Crippen LogP contribution is 2.24. The number of benzene rings is 1. The number of rotatable bonds is 17. The number of hydrogen-bond donors (Lipinski definition) is 5. The second-order valence-corrected chi connectivity index (χ2v) is 9.57. The van der Waals surface area contributed by atoms with Gasteiger partial charge in [-0.1, -0.05) is 57.1 Å². The lowest BCUT2D eigenvalue weighted by Gasteiger charge is -2.24. The molecule has 0 aliphatic heterocycles. The van der Waals surface area contributed by atoms with Gasteiger partial charge in [0, 0.05) is 18.9 Å². The predicted molar refractivity (Wildman–Crippen MR) is 138 cm³/mol. The number of nitrogens with two attached hydrogens (primary N) is 1. The van der Waals surface area contributed by atoms with E-state index in [9.17, 15) is 14.7 Å². The van der Waals surface area contributed by atoms with E-state index in [0.29, 0.717) is 13.0 Å². The highest BCUT2D eigenvalue weighted by Gasteiger charge is 2.26. The molecule has 2 amide bonds. The molecule has 0 spiro atoms. The minimum Gasteiger partial charge on any atom is -0.508 e. The van der Waals surface area contributed by atoms with Gasteiger partial charge in [-0.2, -0.15) is 0 Å². The van der Waals surface area contributed by atoms with Crippen LogP contribution in [0.25, 0.3) is 0 Å². The summed E-state index contributed by atoms with van der Waals surface area (Å²) in [6.45, 7) is 3.44. The molecule has 2 rings (SSSR count). The Kier molecular flexibility index (Phi) is 14.3. The van der Waals surface area contributed by atoms with Gasteiger partial charge in [-0.3, -0.25) is 9.59 Å². The molecular formula is C27H46N4O3. The molecular weight excluding hydrogens is 428 g/mol. The van der Waals surface area contributed by atoms with Gasteiger partial charge in [0.05, 0.1) is 0 Å². The van der Waals surface area contributed by atoms with Crippen LogP contribution in [0.3, 0.4) is 0 Å². The Morgan fingerprint density at radius 2 is 1.50 bits per heavy atom. The first kappa shape index (κ1) is 28.1. The molecule has 1 aliphatic rings. The molecule has 0 heterocycles. The van der Waals surface area contributed by atoms with Crippen molar-refractivity contribution in [2.45, 2.75) is 89.5 Å². The molecule has 192 valence electrons.